The van der Waals surface area contributed by atoms with Crippen LogP contribution in [0.5, 0.6) is 0 Å². The number of hydrogen-bond acceptors (Lipinski definition) is 4. The number of nitrogens with zero attached hydrogens (tertiary/aromatic N) is 1. The molecule has 0 aromatic heterocycles. The van der Waals surface area contributed by atoms with Gasteiger partial charge in [0.1, 0.15) is 0 Å². The van der Waals surface area contributed by atoms with Gasteiger partial charge in [-0.3, -0.25) is 9.79 Å². The fraction of sp³-hybridized carbons (Fsp3) is 0.0476. The van der Waals surface area contributed by atoms with E-state index in [0.717, 1.165) is 39.2 Å². The van der Waals surface area contributed by atoms with Crippen molar-refractivity contribution in [2.45, 2.75) is 4.90 Å². The topological polar surface area (TPSA) is 70.0 Å². The zero-order valence-electron chi connectivity index (χ0n) is 15.3. The minimum absolute atomic E-state index is 0. The maximum atomic E-state index is 11.8. The van der Waals surface area contributed by atoms with Crippen LogP contribution in [0.3, 0.4) is 0 Å². The van der Waals surface area contributed by atoms with Crippen LogP contribution in [-0.2, 0) is 9.09 Å². The van der Waals surface area contributed by atoms with Crippen molar-refractivity contribution in [3.63, 3.8) is 0 Å². The standard InChI is InChI=1S/C21H17ClNO4PS.2Na.2H/c1-23-18-8-4-2-6-16(18)20(17-7-3-5-9-19(17)23)21(27-28(24,25)26)29-15-12-10-14(22)11-13-15;;;;/h2-13H,1H3,(H2,24,25,26);;;;. The number of benzene rings is 3. The molecule has 1 heterocycles. The van der Waals surface area contributed by atoms with Crippen LogP contribution in [-0.4, -0.2) is 75.9 Å². The van der Waals surface area contributed by atoms with Crippen molar-refractivity contribution in [3.05, 3.63) is 94.0 Å². The van der Waals surface area contributed by atoms with E-state index in [1.807, 2.05) is 55.6 Å². The van der Waals surface area contributed by atoms with Crippen LogP contribution < -0.4 is 4.90 Å². The second kappa shape index (κ2) is 11.3. The van der Waals surface area contributed by atoms with Gasteiger partial charge in [-0.05, 0) is 36.4 Å². The van der Waals surface area contributed by atoms with Gasteiger partial charge in [-0.15, -0.1) is 0 Å². The Labute approximate surface area is 234 Å². The molecule has 2 N–H and O–H groups in total. The van der Waals surface area contributed by atoms with Crippen LogP contribution in [0.1, 0.15) is 11.1 Å². The Kier molecular flexibility index (Phi) is 9.84. The first-order chi connectivity index (χ1) is 13.8. The Balaban J connectivity index is 0.00000171. The molecule has 5 nitrogen and oxygen atoms in total. The number of phosphoric acid groups is 1. The van der Waals surface area contributed by atoms with E-state index in [-0.39, 0.29) is 64.2 Å². The van der Waals surface area contributed by atoms with Crippen molar-refractivity contribution in [2.24, 2.45) is 0 Å². The predicted molar refractivity (Wildman–Crippen MR) is 132 cm³/mol. The maximum absolute atomic E-state index is 11.8. The predicted octanol–water partition coefficient (Wildman–Crippen LogP) is 4.74. The van der Waals surface area contributed by atoms with Gasteiger partial charge in [0.25, 0.3) is 0 Å². The van der Waals surface area contributed by atoms with E-state index in [0.29, 0.717) is 10.6 Å². The summed E-state index contributed by atoms with van der Waals surface area (Å²) >= 11 is 7.12. The molecule has 0 radical (unpaired) electrons. The van der Waals surface area contributed by atoms with Crippen LogP contribution in [0.25, 0.3) is 5.57 Å². The average molecular weight is 494 g/mol. The monoisotopic (exact) mass is 493 g/mol. The molecule has 0 atom stereocenters. The number of phosphoric ester groups is 1. The van der Waals surface area contributed by atoms with Crippen molar-refractivity contribution >= 4 is 107 Å². The fourth-order valence-electron chi connectivity index (χ4n) is 3.28. The molecule has 4 rings (SSSR count). The molecule has 0 unspecified atom stereocenters. The summed E-state index contributed by atoms with van der Waals surface area (Å²) in [5.41, 5.74) is 4.14. The van der Waals surface area contributed by atoms with E-state index >= 15 is 0 Å². The SMILES string of the molecule is CN1c2ccccc2C(=C(OP(=O)(O)O)Sc2ccc(Cl)cc2)c2ccccc21.[NaH].[NaH]. The average Bonchev–Trinajstić information content (AvgIpc) is 2.69. The van der Waals surface area contributed by atoms with Crippen molar-refractivity contribution in [2.75, 3.05) is 11.9 Å². The molecule has 3 aromatic rings. The van der Waals surface area contributed by atoms with Crippen LogP contribution in [0.15, 0.2) is 82.8 Å². The summed E-state index contributed by atoms with van der Waals surface area (Å²) in [6.07, 6.45) is 0. The van der Waals surface area contributed by atoms with E-state index in [1.165, 1.54) is 0 Å². The molecule has 0 aliphatic carbocycles. The number of anilines is 2. The molecule has 3 aromatic carbocycles. The van der Waals surface area contributed by atoms with E-state index in [4.69, 9.17) is 16.1 Å². The summed E-state index contributed by atoms with van der Waals surface area (Å²) in [5.74, 6) is 0. The molecule has 152 valence electrons. The number of para-hydroxylation sites is 2. The summed E-state index contributed by atoms with van der Waals surface area (Å²) in [4.78, 5) is 22.0. The van der Waals surface area contributed by atoms with Crippen molar-refractivity contribution in [3.8, 4) is 0 Å². The molecule has 0 amide bonds. The summed E-state index contributed by atoms with van der Waals surface area (Å²) < 4.78 is 17.0. The Morgan fingerprint density at radius 3 is 1.87 bits per heavy atom. The number of fused-ring (bicyclic) bond motifs is 2. The summed E-state index contributed by atoms with van der Waals surface area (Å²) in [6.45, 7) is 0. The second-order valence-corrected chi connectivity index (χ2v) is 9.04. The molecule has 1 aliphatic rings. The molecule has 10 heteroatoms. The Hall–Kier alpha value is -0.210. The molecule has 1 aliphatic heterocycles. The number of hydrogen-bond donors (Lipinski definition) is 2. The van der Waals surface area contributed by atoms with Gasteiger partial charge >= 0.3 is 66.9 Å². The van der Waals surface area contributed by atoms with Gasteiger partial charge < -0.3 is 9.42 Å². The van der Waals surface area contributed by atoms with Gasteiger partial charge in [0.05, 0.1) is 0 Å². The molecule has 31 heavy (non-hydrogen) atoms. The summed E-state index contributed by atoms with van der Waals surface area (Å²) in [7, 11) is -2.83. The number of rotatable bonds is 4. The van der Waals surface area contributed by atoms with Crippen LogP contribution >= 0.6 is 31.2 Å². The normalized spacial score (nSPS) is 12.1. The van der Waals surface area contributed by atoms with Gasteiger partial charge in [0.2, 0.25) is 0 Å². The first kappa shape index (κ1) is 27.0. The quantitative estimate of drug-likeness (QED) is 0.237. The Bertz CT molecular complexity index is 1100. The third kappa shape index (κ3) is 6.23. The first-order valence-corrected chi connectivity index (χ1v) is 11.4. The van der Waals surface area contributed by atoms with Gasteiger partial charge in [0.15, 0.2) is 5.09 Å². The van der Waals surface area contributed by atoms with Crippen LogP contribution in [0, 0.1) is 0 Å². The zero-order chi connectivity index (χ0) is 20.6. The van der Waals surface area contributed by atoms with Gasteiger partial charge in [0, 0.05) is 45.0 Å². The number of thioether (sulfide) groups is 1. The van der Waals surface area contributed by atoms with Crippen LogP contribution in [0.4, 0.5) is 11.4 Å². The molecular formula is C21H19ClNNa2O4PS. The van der Waals surface area contributed by atoms with Gasteiger partial charge in [-0.2, -0.15) is 0 Å². The first-order valence-electron chi connectivity index (χ1n) is 8.69. The van der Waals surface area contributed by atoms with Crippen molar-refractivity contribution in [1.29, 1.82) is 0 Å². The van der Waals surface area contributed by atoms with E-state index < -0.39 is 7.82 Å². The summed E-state index contributed by atoms with van der Waals surface area (Å²) in [5, 5.41) is 0.711. The van der Waals surface area contributed by atoms with E-state index in [2.05, 4.69) is 4.90 Å². The second-order valence-electron chi connectivity index (χ2n) is 6.39. The van der Waals surface area contributed by atoms with E-state index in [9.17, 15) is 14.4 Å². The minimum atomic E-state index is -4.79. The molecule has 0 fully saturated rings. The molecule has 0 spiro atoms. The van der Waals surface area contributed by atoms with Crippen molar-refractivity contribution in [1.82, 2.24) is 0 Å². The van der Waals surface area contributed by atoms with Gasteiger partial charge in [-0.25, -0.2) is 4.57 Å². The Morgan fingerprint density at radius 1 is 0.903 bits per heavy atom. The fourth-order valence-corrected chi connectivity index (χ4v) is 4.96. The van der Waals surface area contributed by atoms with E-state index in [1.54, 1.807) is 24.3 Å². The van der Waals surface area contributed by atoms with Gasteiger partial charge in [-0.1, -0.05) is 59.8 Å². The molecule has 0 bridgehead atoms. The third-order valence-electron chi connectivity index (χ3n) is 4.50. The zero-order valence-corrected chi connectivity index (χ0v) is 17.8. The molecule has 0 saturated heterocycles. The number of halogens is 1. The molecule has 0 saturated carbocycles. The third-order valence-corrected chi connectivity index (χ3v) is 6.28. The summed E-state index contributed by atoms with van der Waals surface area (Å²) in [6, 6.07) is 22.4. The molecular weight excluding hydrogens is 475 g/mol. The van der Waals surface area contributed by atoms with Crippen LogP contribution in [0.2, 0.25) is 5.02 Å². The Morgan fingerprint density at radius 2 is 1.39 bits per heavy atom. The van der Waals surface area contributed by atoms with Crippen molar-refractivity contribution < 1.29 is 18.9 Å².